The highest BCUT2D eigenvalue weighted by Crippen LogP contribution is 2.28. The Labute approximate surface area is 99.7 Å². The molecular formula is C12H14N4O. The van der Waals surface area contributed by atoms with Gasteiger partial charge in [0.15, 0.2) is 0 Å². The Morgan fingerprint density at radius 2 is 2.41 bits per heavy atom. The number of urea groups is 1. The molecule has 1 unspecified atom stereocenters. The highest BCUT2D eigenvalue weighted by molar-refractivity contribution is 6.03. The number of nitrogens with zero attached hydrogens (tertiary/aromatic N) is 3. The van der Waals surface area contributed by atoms with Crippen molar-refractivity contribution in [1.82, 2.24) is 9.88 Å². The third kappa shape index (κ3) is 1.91. The highest BCUT2D eigenvalue weighted by atomic mass is 16.2. The maximum Gasteiger partial charge on any atom is 0.346 e. The van der Waals surface area contributed by atoms with Gasteiger partial charge >= 0.3 is 6.03 Å². The van der Waals surface area contributed by atoms with Crippen molar-refractivity contribution in [2.24, 2.45) is 10.7 Å². The lowest BCUT2D eigenvalue weighted by molar-refractivity contribution is 0.212. The quantitative estimate of drug-likeness (QED) is 0.798. The number of hydrogen-bond acceptors (Lipinski definition) is 3. The van der Waals surface area contributed by atoms with Crippen LogP contribution in [0.2, 0.25) is 0 Å². The van der Waals surface area contributed by atoms with Gasteiger partial charge in [-0.2, -0.15) is 4.99 Å². The molecule has 0 aromatic carbocycles. The van der Waals surface area contributed by atoms with Crippen molar-refractivity contribution in [2.75, 3.05) is 6.54 Å². The first-order valence-electron chi connectivity index (χ1n) is 5.31. The van der Waals surface area contributed by atoms with Crippen LogP contribution in [0.5, 0.6) is 0 Å². The number of aromatic nitrogens is 1. The molecule has 1 aliphatic rings. The van der Waals surface area contributed by atoms with E-state index in [1.54, 1.807) is 23.4 Å². The maximum atomic E-state index is 11.7. The first kappa shape index (κ1) is 11.3. The maximum absolute atomic E-state index is 11.7. The zero-order chi connectivity index (χ0) is 12.4. The van der Waals surface area contributed by atoms with Crippen molar-refractivity contribution in [3.8, 4) is 0 Å². The Bertz CT molecular complexity index is 495. The van der Waals surface area contributed by atoms with Crippen molar-refractivity contribution >= 4 is 11.9 Å². The predicted octanol–water partition coefficient (Wildman–Crippen LogP) is 1.41. The van der Waals surface area contributed by atoms with Gasteiger partial charge in [-0.15, -0.1) is 6.58 Å². The molecule has 1 aromatic heterocycles. The van der Waals surface area contributed by atoms with Crippen LogP contribution in [-0.4, -0.2) is 28.3 Å². The van der Waals surface area contributed by atoms with Crippen molar-refractivity contribution in [2.45, 2.75) is 13.0 Å². The number of aliphatic imine (C=N–C) groups is 1. The molecule has 2 N–H and O–H groups in total. The van der Waals surface area contributed by atoms with Gasteiger partial charge in [-0.25, -0.2) is 4.79 Å². The molecule has 0 radical (unpaired) electrons. The summed E-state index contributed by atoms with van der Waals surface area (Å²) in [6, 6.07) is 1.24. The summed E-state index contributed by atoms with van der Waals surface area (Å²) in [6.45, 7) is 6.01. The lowest BCUT2D eigenvalue weighted by atomic mass is 10.0. The number of pyridine rings is 1. The summed E-state index contributed by atoms with van der Waals surface area (Å²) in [7, 11) is 0. The van der Waals surface area contributed by atoms with Crippen LogP contribution in [-0.2, 0) is 0 Å². The molecule has 2 amide bonds. The standard InChI is InChI=1S/C12H14N4O/c1-3-6-16-10(11(13)15-12(16)17)9-7-14-5-4-8(9)2/h3-5,7,10H,1,6H2,2H3,(H2,13,15,17). The molecule has 5 nitrogen and oxygen atoms in total. The fourth-order valence-corrected chi connectivity index (χ4v) is 1.92. The van der Waals surface area contributed by atoms with Crippen LogP contribution in [0.4, 0.5) is 4.79 Å². The van der Waals surface area contributed by atoms with Crippen molar-refractivity contribution in [3.63, 3.8) is 0 Å². The van der Waals surface area contributed by atoms with E-state index in [1.165, 1.54) is 0 Å². The third-order valence-electron chi connectivity index (χ3n) is 2.76. The van der Waals surface area contributed by atoms with E-state index in [4.69, 9.17) is 5.73 Å². The van der Waals surface area contributed by atoms with Crippen LogP contribution in [0.25, 0.3) is 0 Å². The summed E-state index contributed by atoms with van der Waals surface area (Å²) in [4.78, 5) is 21.1. The molecule has 0 aliphatic carbocycles. The predicted molar refractivity (Wildman–Crippen MR) is 65.6 cm³/mol. The van der Waals surface area contributed by atoms with Gasteiger partial charge in [0.25, 0.3) is 0 Å². The number of carbonyl (C=O) groups excluding carboxylic acids is 1. The summed E-state index contributed by atoms with van der Waals surface area (Å²) in [5.41, 5.74) is 7.75. The minimum Gasteiger partial charge on any atom is -0.385 e. The monoisotopic (exact) mass is 230 g/mol. The Morgan fingerprint density at radius 1 is 1.65 bits per heavy atom. The van der Waals surface area contributed by atoms with E-state index in [2.05, 4.69) is 16.6 Å². The summed E-state index contributed by atoms with van der Waals surface area (Å²) >= 11 is 0. The molecule has 0 saturated heterocycles. The molecule has 17 heavy (non-hydrogen) atoms. The number of hydrogen-bond donors (Lipinski definition) is 1. The van der Waals surface area contributed by atoms with Crippen LogP contribution < -0.4 is 5.73 Å². The van der Waals surface area contributed by atoms with E-state index in [0.29, 0.717) is 12.4 Å². The third-order valence-corrected chi connectivity index (χ3v) is 2.76. The second-order valence-corrected chi connectivity index (χ2v) is 3.90. The van der Waals surface area contributed by atoms with Gasteiger partial charge in [0.05, 0.1) is 0 Å². The smallest absolute Gasteiger partial charge is 0.346 e. The van der Waals surface area contributed by atoms with Crippen LogP contribution in [0, 0.1) is 6.92 Å². The molecule has 1 aromatic rings. The summed E-state index contributed by atoms with van der Waals surface area (Å²) in [5, 5.41) is 0. The van der Waals surface area contributed by atoms with Crippen LogP contribution >= 0.6 is 0 Å². The fraction of sp³-hybridized carbons (Fsp3) is 0.250. The van der Waals surface area contributed by atoms with E-state index in [0.717, 1.165) is 11.1 Å². The number of amidine groups is 1. The molecule has 2 heterocycles. The zero-order valence-corrected chi connectivity index (χ0v) is 9.63. The largest absolute Gasteiger partial charge is 0.385 e. The molecule has 1 atom stereocenters. The summed E-state index contributed by atoms with van der Waals surface area (Å²) in [5.74, 6) is 0.313. The SMILES string of the molecule is C=CCN1C(=O)N=C(N)C1c1cnccc1C. The lowest BCUT2D eigenvalue weighted by Gasteiger charge is -2.24. The van der Waals surface area contributed by atoms with E-state index in [-0.39, 0.29) is 12.1 Å². The van der Waals surface area contributed by atoms with Gasteiger partial charge in [0.1, 0.15) is 11.9 Å². The molecule has 0 spiro atoms. The first-order valence-corrected chi connectivity index (χ1v) is 5.31. The Balaban J connectivity index is 2.42. The van der Waals surface area contributed by atoms with E-state index in [9.17, 15) is 4.79 Å². The van der Waals surface area contributed by atoms with Crippen molar-refractivity contribution < 1.29 is 4.79 Å². The molecule has 0 saturated carbocycles. The zero-order valence-electron chi connectivity index (χ0n) is 9.63. The molecule has 0 fully saturated rings. The van der Waals surface area contributed by atoms with Crippen molar-refractivity contribution in [1.29, 1.82) is 0 Å². The van der Waals surface area contributed by atoms with Crippen molar-refractivity contribution in [3.05, 3.63) is 42.2 Å². The molecule has 2 rings (SSSR count). The van der Waals surface area contributed by atoms with Crippen LogP contribution in [0.15, 0.2) is 36.1 Å². The number of aryl methyl sites for hydroxylation is 1. The normalized spacial score (nSPS) is 19.4. The number of rotatable bonds is 3. The number of carbonyl (C=O) groups is 1. The van der Waals surface area contributed by atoms with Gasteiger partial charge in [0.2, 0.25) is 0 Å². The Hall–Kier alpha value is -2.17. The van der Waals surface area contributed by atoms with Crippen LogP contribution in [0.1, 0.15) is 17.2 Å². The first-order chi connectivity index (χ1) is 8.15. The van der Waals surface area contributed by atoms with Gasteiger partial charge in [-0.3, -0.25) is 4.98 Å². The second-order valence-electron chi connectivity index (χ2n) is 3.90. The number of nitrogens with two attached hydrogens (primary N) is 1. The van der Waals surface area contributed by atoms with Gasteiger partial charge in [-0.05, 0) is 18.6 Å². The average Bonchev–Trinajstić information content (AvgIpc) is 2.56. The molecular weight excluding hydrogens is 216 g/mol. The Morgan fingerprint density at radius 3 is 3.06 bits per heavy atom. The Kier molecular flexibility index (Phi) is 2.91. The fourth-order valence-electron chi connectivity index (χ4n) is 1.92. The van der Waals surface area contributed by atoms with Gasteiger partial charge in [0, 0.05) is 24.5 Å². The highest BCUT2D eigenvalue weighted by Gasteiger charge is 2.34. The topological polar surface area (TPSA) is 71.6 Å². The minimum atomic E-state index is -0.325. The molecule has 1 aliphatic heterocycles. The van der Waals surface area contributed by atoms with E-state index >= 15 is 0 Å². The molecule has 88 valence electrons. The van der Waals surface area contributed by atoms with Gasteiger partial charge < -0.3 is 10.6 Å². The van der Waals surface area contributed by atoms with E-state index < -0.39 is 0 Å². The molecule has 0 bridgehead atoms. The average molecular weight is 230 g/mol. The van der Waals surface area contributed by atoms with E-state index in [1.807, 2.05) is 13.0 Å². The van der Waals surface area contributed by atoms with Gasteiger partial charge in [-0.1, -0.05) is 6.08 Å². The molecule has 5 heteroatoms. The number of amides is 2. The minimum absolute atomic E-state index is 0.313. The summed E-state index contributed by atoms with van der Waals surface area (Å²) in [6.07, 6.45) is 5.09. The second kappa shape index (κ2) is 4.37. The van der Waals surface area contributed by atoms with Crippen LogP contribution in [0.3, 0.4) is 0 Å². The summed E-state index contributed by atoms with van der Waals surface area (Å²) < 4.78 is 0. The lowest BCUT2D eigenvalue weighted by Crippen LogP contribution is -2.34.